The number of aliphatic hydroxyl groups excluding tert-OH is 4. The van der Waals surface area contributed by atoms with Gasteiger partial charge in [0.1, 0.15) is 48.8 Å². The predicted octanol–water partition coefficient (Wildman–Crippen LogP) is -8.52. The Balaban J connectivity index is 0.000000302. The van der Waals surface area contributed by atoms with E-state index in [0.29, 0.717) is 6.61 Å². The number of hydrogen-bond acceptors (Lipinski definition) is 11. The van der Waals surface area contributed by atoms with E-state index in [1.165, 1.54) is 0 Å². The van der Waals surface area contributed by atoms with Gasteiger partial charge < -0.3 is 78.1 Å². The minimum Gasteiger partial charge on any atom is -1.00 e. The minimum absolute atomic E-state index is 0. The summed E-state index contributed by atoms with van der Waals surface area (Å²) >= 11 is 0. The quantitative estimate of drug-likeness (QED) is 0.161. The molecule has 0 aromatic carbocycles. The molecule has 11 N–H and O–H groups in total. The fourth-order valence-corrected chi connectivity index (χ4v) is 4.70. The number of carbonyl (C=O) groups excluding carboxylic acids is 1. The Kier molecular flexibility index (Phi) is 7.49. The zero-order valence-corrected chi connectivity index (χ0v) is 19.1. The summed E-state index contributed by atoms with van der Waals surface area (Å²) in [5.41, 5.74) is 0.886. The number of primary amides is 1. The third kappa shape index (κ3) is 4.34. The Morgan fingerprint density at radius 1 is 1.21 bits per heavy atom. The maximum absolute atomic E-state index is 10.6. The molecular formula is C17H32ClN5O10. The number of ether oxygens (including phenoxy) is 3. The van der Waals surface area contributed by atoms with Crippen LogP contribution in [0.15, 0.2) is 0 Å². The molecule has 9 atom stereocenters. The smallest absolute Gasteiger partial charge is 0.404 e. The molecule has 33 heavy (non-hydrogen) atoms. The summed E-state index contributed by atoms with van der Waals surface area (Å²) in [4.78, 5) is 10.1. The van der Waals surface area contributed by atoms with E-state index in [4.69, 9.17) is 20.6 Å². The van der Waals surface area contributed by atoms with E-state index in [2.05, 4.69) is 15.4 Å². The van der Waals surface area contributed by atoms with Crippen LogP contribution in [-0.2, 0) is 14.2 Å². The van der Waals surface area contributed by atoms with E-state index in [0.717, 1.165) is 11.0 Å². The van der Waals surface area contributed by atoms with Gasteiger partial charge in [0.15, 0.2) is 12.1 Å². The number of aliphatic hydroxyl groups is 6. The SMILES string of the molecule is C[N+](C)(C)CCOC(N)=O.N=C1N[C@H](O)[C@H]2[C@H]3O[C@]4(O)O[C@@H](C(O)[C@@]2(N1)[C@@H]4O)[C@]3(O)CO.[Cl-]. The molecular weight excluding hydrogens is 470 g/mol. The summed E-state index contributed by atoms with van der Waals surface area (Å²) in [5, 5.41) is 74.2. The molecule has 4 saturated heterocycles. The molecule has 4 bridgehead atoms. The van der Waals surface area contributed by atoms with Gasteiger partial charge in [-0.25, -0.2) is 4.79 Å². The van der Waals surface area contributed by atoms with Crippen molar-refractivity contribution in [3.05, 3.63) is 0 Å². The molecule has 5 rings (SSSR count). The lowest BCUT2D eigenvalue weighted by molar-refractivity contribution is -0.870. The molecule has 0 radical (unpaired) electrons. The molecule has 1 aliphatic carbocycles. The lowest BCUT2D eigenvalue weighted by atomic mass is 9.55. The van der Waals surface area contributed by atoms with Gasteiger partial charge in [-0.3, -0.25) is 5.41 Å². The van der Waals surface area contributed by atoms with E-state index < -0.39 is 66.4 Å². The molecule has 5 aliphatic rings. The van der Waals surface area contributed by atoms with Crippen molar-refractivity contribution in [2.45, 2.75) is 47.8 Å². The second-order valence-electron chi connectivity index (χ2n) is 9.43. The van der Waals surface area contributed by atoms with Crippen LogP contribution in [0.5, 0.6) is 0 Å². The van der Waals surface area contributed by atoms with Gasteiger partial charge in [0.2, 0.25) is 0 Å². The van der Waals surface area contributed by atoms with Crippen LogP contribution in [-0.4, -0.2) is 136 Å². The number of guanidine groups is 1. The Labute approximate surface area is 195 Å². The summed E-state index contributed by atoms with van der Waals surface area (Å²) in [6.45, 7) is 0.310. The summed E-state index contributed by atoms with van der Waals surface area (Å²) in [6.07, 6.45) is -8.46. The second-order valence-corrected chi connectivity index (χ2v) is 9.43. The van der Waals surface area contributed by atoms with Crippen LogP contribution >= 0.6 is 0 Å². The van der Waals surface area contributed by atoms with Gasteiger partial charge in [-0.1, -0.05) is 0 Å². The van der Waals surface area contributed by atoms with Crippen molar-refractivity contribution in [1.82, 2.24) is 10.6 Å². The van der Waals surface area contributed by atoms with Gasteiger partial charge in [-0.2, -0.15) is 0 Å². The van der Waals surface area contributed by atoms with Crippen LogP contribution in [0.4, 0.5) is 4.79 Å². The number of halogens is 1. The maximum Gasteiger partial charge on any atom is 0.404 e. The second kappa shape index (κ2) is 8.92. The van der Waals surface area contributed by atoms with E-state index >= 15 is 0 Å². The summed E-state index contributed by atoms with van der Waals surface area (Å²) in [6, 6.07) is 0. The van der Waals surface area contributed by atoms with Crippen LogP contribution in [0.25, 0.3) is 0 Å². The number of nitrogens with two attached hydrogens (primary N) is 1. The first-order valence-corrected chi connectivity index (χ1v) is 9.94. The van der Waals surface area contributed by atoms with Gasteiger partial charge in [0, 0.05) is 0 Å². The lowest BCUT2D eigenvalue weighted by Crippen LogP contribution is -3.00. The first-order chi connectivity index (χ1) is 14.6. The molecule has 5 fully saturated rings. The van der Waals surface area contributed by atoms with Crippen molar-refractivity contribution < 1.29 is 66.5 Å². The average molecular weight is 502 g/mol. The molecule has 0 aromatic rings. The van der Waals surface area contributed by atoms with Crippen LogP contribution in [0.2, 0.25) is 0 Å². The van der Waals surface area contributed by atoms with Crippen molar-refractivity contribution in [3.8, 4) is 0 Å². The number of quaternary nitrogens is 1. The predicted molar refractivity (Wildman–Crippen MR) is 103 cm³/mol. The third-order valence-electron chi connectivity index (χ3n) is 6.26. The summed E-state index contributed by atoms with van der Waals surface area (Å²) < 4.78 is 15.6. The molecule has 1 amide bonds. The van der Waals surface area contributed by atoms with Crippen LogP contribution in [0.3, 0.4) is 0 Å². The Bertz CT molecular complexity index is 773. The van der Waals surface area contributed by atoms with Gasteiger partial charge in [0.25, 0.3) is 0 Å². The normalized spacial score (nSPS) is 44.9. The standard InChI is InChI=1S/C11H17N3O8.C6H14N2O2.ClH/c12-8-13-6(17)2-4-9(19,1-15)5-3(16)10(2,14-8)7(18)11(20,21-4)22-5;1-8(2,3)4-5-10-6(7)9;/h2-7,15-20H,1H2,(H3,12,13,14);4-5H2,1-3H3,(H-,7,9);1H/t2-,3?,4-,5+,6-,7+,9+,10-,11+;;/m1../s1. The third-order valence-corrected chi connectivity index (χ3v) is 6.26. The molecule has 1 spiro atoms. The highest BCUT2D eigenvalue weighted by molar-refractivity contribution is 5.79. The molecule has 1 saturated carbocycles. The van der Waals surface area contributed by atoms with Crippen LogP contribution < -0.4 is 28.8 Å². The number of nitrogens with one attached hydrogen (secondary N) is 3. The molecule has 15 nitrogen and oxygen atoms in total. The van der Waals surface area contributed by atoms with E-state index in [9.17, 15) is 35.4 Å². The topological polar surface area (TPSA) is 240 Å². The molecule has 16 heteroatoms. The van der Waals surface area contributed by atoms with Crippen molar-refractivity contribution in [1.29, 1.82) is 5.41 Å². The number of nitrogens with zero attached hydrogens (tertiary/aromatic N) is 1. The van der Waals surface area contributed by atoms with Gasteiger partial charge in [0.05, 0.1) is 33.7 Å². The minimum atomic E-state index is -2.53. The zero-order chi connectivity index (χ0) is 24.3. The van der Waals surface area contributed by atoms with Crippen molar-refractivity contribution >= 4 is 12.1 Å². The Morgan fingerprint density at radius 2 is 1.79 bits per heavy atom. The van der Waals surface area contributed by atoms with Crippen molar-refractivity contribution in [2.75, 3.05) is 40.9 Å². The van der Waals surface area contributed by atoms with Crippen molar-refractivity contribution in [3.63, 3.8) is 0 Å². The zero-order valence-electron chi connectivity index (χ0n) is 18.3. The molecule has 192 valence electrons. The van der Waals surface area contributed by atoms with E-state index in [-0.39, 0.29) is 18.4 Å². The number of amides is 1. The highest BCUT2D eigenvalue weighted by Gasteiger charge is 2.83. The summed E-state index contributed by atoms with van der Waals surface area (Å²) in [5.74, 6) is -4.07. The van der Waals surface area contributed by atoms with Gasteiger partial charge >= 0.3 is 12.1 Å². The van der Waals surface area contributed by atoms with E-state index in [1.807, 2.05) is 21.1 Å². The summed E-state index contributed by atoms with van der Waals surface area (Å²) in [7, 11) is 6.05. The molecule has 1 unspecified atom stereocenters. The van der Waals surface area contributed by atoms with Crippen LogP contribution in [0, 0.1) is 11.3 Å². The largest absolute Gasteiger partial charge is 1.00 e. The number of hydrogen-bond donors (Lipinski definition) is 10. The number of rotatable bonds is 4. The molecule has 0 aromatic heterocycles. The first kappa shape index (κ1) is 27.7. The van der Waals surface area contributed by atoms with Gasteiger partial charge in [-0.05, 0) is 0 Å². The van der Waals surface area contributed by atoms with Gasteiger partial charge in [-0.15, -0.1) is 0 Å². The average Bonchev–Trinajstić information content (AvgIpc) is 2.65. The fourth-order valence-electron chi connectivity index (χ4n) is 4.70. The number of carbonyl (C=O) groups is 1. The fraction of sp³-hybridized carbons (Fsp3) is 0.882. The first-order valence-electron chi connectivity index (χ1n) is 9.94. The maximum atomic E-state index is 10.6. The van der Waals surface area contributed by atoms with E-state index in [1.54, 1.807) is 0 Å². The lowest BCUT2D eigenvalue weighted by Gasteiger charge is -2.72. The monoisotopic (exact) mass is 501 g/mol. The molecule has 4 aliphatic heterocycles. The Morgan fingerprint density at radius 3 is 2.30 bits per heavy atom. The Hall–Kier alpha value is -1.53. The molecule has 4 heterocycles. The highest BCUT2D eigenvalue weighted by Crippen LogP contribution is 2.58. The van der Waals surface area contributed by atoms with Crippen LogP contribution in [0.1, 0.15) is 0 Å². The highest BCUT2D eigenvalue weighted by atomic mass is 35.5. The number of likely N-dealkylation sites (N-methyl/N-ethyl adjacent to an activating group) is 1. The van der Waals surface area contributed by atoms with Crippen molar-refractivity contribution in [2.24, 2.45) is 11.7 Å².